The predicted molar refractivity (Wildman–Crippen MR) is 103 cm³/mol. The van der Waals surface area contributed by atoms with Gasteiger partial charge in [-0.05, 0) is 50.5 Å². The van der Waals surface area contributed by atoms with Crippen LogP contribution in [0.15, 0.2) is 18.2 Å². The molecular weight excluding hydrogens is 345 g/mol. The van der Waals surface area contributed by atoms with Gasteiger partial charge < -0.3 is 15.5 Å². The molecule has 1 aromatic heterocycles. The molecule has 0 saturated carbocycles. The van der Waals surface area contributed by atoms with Crippen LogP contribution in [0.5, 0.6) is 0 Å². The minimum absolute atomic E-state index is 0.128. The van der Waals surface area contributed by atoms with E-state index in [-0.39, 0.29) is 23.6 Å². The standard InChI is InChI=1S/C20H26FN5O/c1-12-9-16(21)6-5-15(12)10-25(4)20(27)18-23-14(3)13(2)19(24-18)26-8-7-17(22)11-26/h5-6,9,17H,7-8,10-11,22H2,1-4H3/t17-/m1/s1. The van der Waals surface area contributed by atoms with E-state index in [1.807, 2.05) is 20.8 Å². The van der Waals surface area contributed by atoms with Crippen molar-refractivity contribution in [3.8, 4) is 0 Å². The molecule has 0 spiro atoms. The molecule has 7 heteroatoms. The quantitative estimate of drug-likeness (QED) is 0.893. The molecule has 1 fully saturated rings. The Bertz CT molecular complexity index is 870. The van der Waals surface area contributed by atoms with Crippen LogP contribution in [0.1, 0.15) is 39.4 Å². The van der Waals surface area contributed by atoms with E-state index in [0.717, 1.165) is 47.7 Å². The molecule has 1 atom stereocenters. The first-order valence-electron chi connectivity index (χ1n) is 9.12. The highest BCUT2D eigenvalue weighted by atomic mass is 19.1. The highest BCUT2D eigenvalue weighted by molar-refractivity contribution is 5.90. The highest BCUT2D eigenvalue weighted by Crippen LogP contribution is 2.24. The molecule has 2 aromatic rings. The molecule has 6 nitrogen and oxygen atoms in total. The van der Waals surface area contributed by atoms with Crippen LogP contribution in [0.25, 0.3) is 0 Å². The lowest BCUT2D eigenvalue weighted by Gasteiger charge is -2.22. The Morgan fingerprint density at radius 3 is 2.70 bits per heavy atom. The van der Waals surface area contributed by atoms with Crippen LogP contribution in [-0.4, -0.2) is 47.0 Å². The molecule has 1 aliphatic rings. The lowest BCUT2D eigenvalue weighted by atomic mass is 10.1. The van der Waals surface area contributed by atoms with Crippen LogP contribution in [0.3, 0.4) is 0 Å². The molecule has 2 heterocycles. The second kappa shape index (κ2) is 7.60. The second-order valence-electron chi connectivity index (χ2n) is 7.31. The fraction of sp³-hybridized carbons (Fsp3) is 0.450. The monoisotopic (exact) mass is 371 g/mol. The van der Waals surface area contributed by atoms with E-state index < -0.39 is 0 Å². The normalized spacial score (nSPS) is 16.7. The summed E-state index contributed by atoms with van der Waals surface area (Å²) in [5, 5.41) is 0. The topological polar surface area (TPSA) is 75.4 Å². The Labute approximate surface area is 159 Å². The molecule has 0 bridgehead atoms. The average molecular weight is 371 g/mol. The van der Waals surface area contributed by atoms with Crippen molar-refractivity contribution in [2.75, 3.05) is 25.0 Å². The van der Waals surface area contributed by atoms with Crippen molar-refractivity contribution in [2.45, 2.75) is 39.8 Å². The molecule has 1 saturated heterocycles. The van der Waals surface area contributed by atoms with E-state index in [9.17, 15) is 9.18 Å². The van der Waals surface area contributed by atoms with Gasteiger partial charge in [-0.25, -0.2) is 14.4 Å². The number of carbonyl (C=O) groups excluding carboxylic acids is 1. The summed E-state index contributed by atoms with van der Waals surface area (Å²) in [6.45, 7) is 7.61. The number of aromatic nitrogens is 2. The molecule has 27 heavy (non-hydrogen) atoms. The smallest absolute Gasteiger partial charge is 0.291 e. The minimum atomic E-state index is -0.281. The van der Waals surface area contributed by atoms with E-state index in [1.54, 1.807) is 18.0 Å². The number of halogens is 1. The van der Waals surface area contributed by atoms with E-state index in [1.165, 1.54) is 12.1 Å². The molecule has 1 amide bonds. The number of aryl methyl sites for hydroxylation is 2. The Hall–Kier alpha value is -2.54. The number of hydrogen-bond donors (Lipinski definition) is 1. The van der Waals surface area contributed by atoms with E-state index in [4.69, 9.17) is 5.73 Å². The first kappa shape index (κ1) is 19.2. The second-order valence-corrected chi connectivity index (χ2v) is 7.31. The number of anilines is 1. The van der Waals surface area contributed by atoms with Crippen LogP contribution in [0.4, 0.5) is 10.2 Å². The molecule has 2 N–H and O–H groups in total. The third-order valence-corrected chi connectivity index (χ3v) is 5.14. The lowest BCUT2D eigenvalue weighted by molar-refractivity contribution is 0.0772. The van der Waals surface area contributed by atoms with Crippen LogP contribution >= 0.6 is 0 Å². The Morgan fingerprint density at radius 2 is 2.07 bits per heavy atom. The molecule has 0 radical (unpaired) electrons. The van der Waals surface area contributed by atoms with Gasteiger partial charge in [-0.3, -0.25) is 4.79 Å². The zero-order valence-corrected chi connectivity index (χ0v) is 16.3. The number of amides is 1. The fourth-order valence-corrected chi connectivity index (χ4v) is 3.33. The van der Waals surface area contributed by atoms with Gasteiger partial charge in [-0.15, -0.1) is 0 Å². The summed E-state index contributed by atoms with van der Waals surface area (Å²) in [7, 11) is 1.70. The van der Waals surface area contributed by atoms with Crippen molar-refractivity contribution < 1.29 is 9.18 Å². The number of nitrogens with two attached hydrogens (primary N) is 1. The van der Waals surface area contributed by atoms with Gasteiger partial charge in [0.2, 0.25) is 5.82 Å². The number of nitrogens with zero attached hydrogens (tertiary/aromatic N) is 4. The third-order valence-electron chi connectivity index (χ3n) is 5.14. The lowest BCUT2D eigenvalue weighted by Crippen LogP contribution is -2.31. The molecule has 1 aliphatic heterocycles. The summed E-state index contributed by atoms with van der Waals surface area (Å²) >= 11 is 0. The zero-order valence-electron chi connectivity index (χ0n) is 16.3. The maximum Gasteiger partial charge on any atom is 0.291 e. The molecule has 144 valence electrons. The average Bonchev–Trinajstić information content (AvgIpc) is 3.05. The molecule has 3 rings (SSSR count). The van der Waals surface area contributed by atoms with Crippen LogP contribution in [-0.2, 0) is 6.54 Å². The third kappa shape index (κ3) is 4.08. The van der Waals surface area contributed by atoms with E-state index in [0.29, 0.717) is 6.54 Å². The summed E-state index contributed by atoms with van der Waals surface area (Å²) in [6.07, 6.45) is 0.912. The van der Waals surface area contributed by atoms with Crippen LogP contribution in [0.2, 0.25) is 0 Å². The van der Waals surface area contributed by atoms with Crippen molar-refractivity contribution in [3.05, 3.63) is 52.2 Å². The minimum Gasteiger partial charge on any atom is -0.355 e. The summed E-state index contributed by atoms with van der Waals surface area (Å²) in [6, 6.07) is 4.70. The zero-order chi connectivity index (χ0) is 19.7. The molecular formula is C20H26FN5O. The Morgan fingerprint density at radius 1 is 1.33 bits per heavy atom. The number of hydrogen-bond acceptors (Lipinski definition) is 5. The summed E-state index contributed by atoms with van der Waals surface area (Å²) < 4.78 is 13.3. The molecule has 0 unspecified atom stereocenters. The van der Waals surface area contributed by atoms with Crippen molar-refractivity contribution in [2.24, 2.45) is 5.73 Å². The van der Waals surface area contributed by atoms with Gasteiger partial charge in [0, 0.05) is 44.0 Å². The number of carbonyl (C=O) groups is 1. The number of rotatable bonds is 4. The van der Waals surface area contributed by atoms with Gasteiger partial charge >= 0.3 is 0 Å². The van der Waals surface area contributed by atoms with Crippen molar-refractivity contribution in [1.82, 2.24) is 14.9 Å². The Kier molecular flexibility index (Phi) is 5.41. The SMILES string of the molecule is Cc1cc(F)ccc1CN(C)C(=O)c1nc(C)c(C)c(N2CC[C@@H](N)C2)n1. The van der Waals surface area contributed by atoms with Crippen molar-refractivity contribution >= 4 is 11.7 Å². The summed E-state index contributed by atoms with van der Waals surface area (Å²) in [5.41, 5.74) is 9.48. The van der Waals surface area contributed by atoms with Gasteiger partial charge in [0.15, 0.2) is 0 Å². The van der Waals surface area contributed by atoms with Gasteiger partial charge in [0.05, 0.1) is 0 Å². The van der Waals surface area contributed by atoms with Crippen LogP contribution < -0.4 is 10.6 Å². The maximum absolute atomic E-state index is 13.3. The van der Waals surface area contributed by atoms with Gasteiger partial charge in [0.1, 0.15) is 11.6 Å². The largest absolute Gasteiger partial charge is 0.355 e. The first-order valence-corrected chi connectivity index (χ1v) is 9.12. The molecule has 1 aromatic carbocycles. The van der Waals surface area contributed by atoms with E-state index in [2.05, 4.69) is 14.9 Å². The Balaban J connectivity index is 1.84. The highest BCUT2D eigenvalue weighted by Gasteiger charge is 2.25. The fourth-order valence-electron chi connectivity index (χ4n) is 3.33. The maximum atomic E-state index is 13.3. The molecule has 0 aliphatic carbocycles. The van der Waals surface area contributed by atoms with Crippen LogP contribution in [0, 0.1) is 26.6 Å². The predicted octanol–water partition coefficient (Wildman–Crippen LogP) is 2.35. The van der Waals surface area contributed by atoms with Crippen molar-refractivity contribution in [3.63, 3.8) is 0 Å². The van der Waals surface area contributed by atoms with Gasteiger partial charge in [-0.1, -0.05) is 6.07 Å². The summed E-state index contributed by atoms with van der Waals surface area (Å²) in [5.74, 6) is 0.420. The number of benzene rings is 1. The van der Waals surface area contributed by atoms with Crippen molar-refractivity contribution in [1.29, 1.82) is 0 Å². The van der Waals surface area contributed by atoms with Gasteiger partial charge in [0.25, 0.3) is 5.91 Å². The van der Waals surface area contributed by atoms with Gasteiger partial charge in [-0.2, -0.15) is 0 Å². The first-order chi connectivity index (χ1) is 12.8. The van der Waals surface area contributed by atoms with E-state index >= 15 is 0 Å². The summed E-state index contributed by atoms with van der Waals surface area (Å²) in [4.78, 5) is 25.5.